The standard InChI is InChI=1S/C11H19NO4/c1-10(2,3)16-9(15)11(8(13)14)6-4-5-7-12-11/h12H,4-7H2,1-3H3,(H,13,14)/t11-/m1/s1. The smallest absolute Gasteiger partial charge is 0.338 e. The Morgan fingerprint density at radius 1 is 1.31 bits per heavy atom. The fourth-order valence-corrected chi connectivity index (χ4v) is 1.71. The number of aliphatic carboxylic acids is 1. The largest absolute Gasteiger partial charge is 0.479 e. The van der Waals surface area contributed by atoms with Crippen LogP contribution in [-0.2, 0) is 14.3 Å². The predicted octanol–water partition coefficient (Wildman–Crippen LogP) is 0.925. The summed E-state index contributed by atoms with van der Waals surface area (Å²) in [6.45, 7) is 5.71. The molecular weight excluding hydrogens is 210 g/mol. The second-order valence-corrected chi connectivity index (χ2v) is 5.10. The predicted molar refractivity (Wildman–Crippen MR) is 58.1 cm³/mol. The van der Waals surface area contributed by atoms with E-state index in [1.54, 1.807) is 20.8 Å². The summed E-state index contributed by atoms with van der Waals surface area (Å²) in [7, 11) is 0. The zero-order chi connectivity index (χ0) is 12.4. The second-order valence-electron chi connectivity index (χ2n) is 5.10. The topological polar surface area (TPSA) is 75.6 Å². The molecule has 1 fully saturated rings. The van der Waals surface area contributed by atoms with Crippen molar-refractivity contribution in [2.45, 2.75) is 51.2 Å². The van der Waals surface area contributed by atoms with Crippen molar-refractivity contribution < 1.29 is 19.4 Å². The lowest BCUT2D eigenvalue weighted by Crippen LogP contribution is -2.61. The van der Waals surface area contributed by atoms with Crippen LogP contribution in [0.15, 0.2) is 0 Å². The molecule has 0 saturated carbocycles. The minimum Gasteiger partial charge on any atom is -0.479 e. The molecule has 16 heavy (non-hydrogen) atoms. The molecule has 1 rings (SSSR count). The molecule has 0 spiro atoms. The summed E-state index contributed by atoms with van der Waals surface area (Å²) in [4.78, 5) is 23.2. The number of rotatable bonds is 2. The Labute approximate surface area is 95.2 Å². The number of esters is 1. The first-order valence-electron chi connectivity index (χ1n) is 5.50. The highest BCUT2D eigenvalue weighted by molar-refractivity contribution is 6.04. The van der Waals surface area contributed by atoms with E-state index in [1.165, 1.54) is 0 Å². The van der Waals surface area contributed by atoms with E-state index in [4.69, 9.17) is 4.74 Å². The average Bonchev–Trinajstić information content (AvgIpc) is 2.16. The van der Waals surface area contributed by atoms with Gasteiger partial charge in [-0.05, 0) is 46.6 Å². The summed E-state index contributed by atoms with van der Waals surface area (Å²) < 4.78 is 5.16. The van der Waals surface area contributed by atoms with Crippen LogP contribution in [0.2, 0.25) is 0 Å². The number of carboxylic acid groups (broad SMARTS) is 1. The van der Waals surface area contributed by atoms with Crippen molar-refractivity contribution >= 4 is 11.9 Å². The Kier molecular flexibility index (Phi) is 3.57. The number of carbonyl (C=O) groups is 2. The van der Waals surface area contributed by atoms with E-state index in [-0.39, 0.29) is 6.42 Å². The first-order chi connectivity index (χ1) is 7.28. The summed E-state index contributed by atoms with van der Waals surface area (Å²) in [5, 5.41) is 12.0. The summed E-state index contributed by atoms with van der Waals surface area (Å²) in [5.41, 5.74) is -2.22. The molecule has 0 aromatic rings. The van der Waals surface area contributed by atoms with Crippen LogP contribution >= 0.6 is 0 Å². The van der Waals surface area contributed by atoms with Crippen LogP contribution in [0.4, 0.5) is 0 Å². The van der Waals surface area contributed by atoms with Gasteiger partial charge in [0, 0.05) is 0 Å². The monoisotopic (exact) mass is 229 g/mol. The number of carboxylic acids is 1. The van der Waals surface area contributed by atoms with Gasteiger partial charge in [-0.2, -0.15) is 0 Å². The molecule has 1 aliphatic heterocycles. The Balaban J connectivity index is 2.85. The molecule has 1 atom stereocenters. The van der Waals surface area contributed by atoms with Gasteiger partial charge in [-0.25, -0.2) is 9.59 Å². The third kappa shape index (κ3) is 2.72. The van der Waals surface area contributed by atoms with E-state index < -0.39 is 23.1 Å². The fraction of sp³-hybridized carbons (Fsp3) is 0.818. The second kappa shape index (κ2) is 4.41. The third-order valence-corrected chi connectivity index (χ3v) is 2.52. The van der Waals surface area contributed by atoms with Gasteiger partial charge >= 0.3 is 11.9 Å². The van der Waals surface area contributed by atoms with E-state index in [0.717, 1.165) is 12.8 Å². The van der Waals surface area contributed by atoms with Crippen LogP contribution in [-0.4, -0.2) is 34.7 Å². The Hall–Kier alpha value is -1.10. The van der Waals surface area contributed by atoms with Crippen LogP contribution in [0, 0.1) is 0 Å². The lowest BCUT2D eigenvalue weighted by molar-refractivity contribution is -0.172. The summed E-state index contributed by atoms with van der Waals surface area (Å²) in [6, 6.07) is 0. The molecule has 1 aliphatic rings. The van der Waals surface area contributed by atoms with Crippen molar-refractivity contribution in [3.8, 4) is 0 Å². The number of nitrogens with one attached hydrogen (secondary N) is 1. The first kappa shape index (κ1) is 13.0. The maximum absolute atomic E-state index is 11.9. The quantitative estimate of drug-likeness (QED) is 0.544. The third-order valence-electron chi connectivity index (χ3n) is 2.52. The van der Waals surface area contributed by atoms with Crippen LogP contribution in [0.5, 0.6) is 0 Å². The lowest BCUT2D eigenvalue weighted by atomic mass is 9.89. The molecule has 0 amide bonds. The number of carbonyl (C=O) groups excluding carboxylic acids is 1. The zero-order valence-electron chi connectivity index (χ0n) is 10.0. The number of piperidine rings is 1. The number of hydrogen-bond acceptors (Lipinski definition) is 4. The molecule has 5 heteroatoms. The van der Waals surface area contributed by atoms with Crippen LogP contribution in [0.3, 0.4) is 0 Å². The molecule has 5 nitrogen and oxygen atoms in total. The van der Waals surface area contributed by atoms with Crippen molar-refractivity contribution in [2.75, 3.05) is 6.54 Å². The molecule has 92 valence electrons. The minimum atomic E-state index is -1.55. The van der Waals surface area contributed by atoms with Gasteiger partial charge in [0.25, 0.3) is 0 Å². The first-order valence-corrected chi connectivity index (χ1v) is 5.50. The van der Waals surface area contributed by atoms with Crippen molar-refractivity contribution in [2.24, 2.45) is 0 Å². The highest BCUT2D eigenvalue weighted by Gasteiger charge is 2.49. The minimum absolute atomic E-state index is 0.289. The van der Waals surface area contributed by atoms with E-state index >= 15 is 0 Å². The molecule has 0 aromatic heterocycles. The maximum Gasteiger partial charge on any atom is 0.338 e. The Morgan fingerprint density at radius 2 is 1.94 bits per heavy atom. The maximum atomic E-state index is 11.9. The van der Waals surface area contributed by atoms with E-state index in [2.05, 4.69) is 5.32 Å². The van der Waals surface area contributed by atoms with Gasteiger partial charge in [-0.3, -0.25) is 5.32 Å². The zero-order valence-corrected chi connectivity index (χ0v) is 10.0. The molecule has 2 N–H and O–H groups in total. The highest BCUT2D eigenvalue weighted by atomic mass is 16.6. The van der Waals surface area contributed by atoms with Gasteiger partial charge in [0.15, 0.2) is 0 Å². The van der Waals surface area contributed by atoms with Crippen molar-refractivity contribution in [3.63, 3.8) is 0 Å². The van der Waals surface area contributed by atoms with Crippen molar-refractivity contribution in [1.29, 1.82) is 0 Å². The van der Waals surface area contributed by atoms with Crippen molar-refractivity contribution in [3.05, 3.63) is 0 Å². The SMILES string of the molecule is CC(C)(C)OC(=O)[C@]1(C(=O)O)CCCCN1. The van der Waals surface area contributed by atoms with Gasteiger partial charge in [0.1, 0.15) is 5.60 Å². The number of hydrogen-bond donors (Lipinski definition) is 2. The van der Waals surface area contributed by atoms with Gasteiger partial charge < -0.3 is 9.84 Å². The van der Waals surface area contributed by atoms with Gasteiger partial charge in [-0.15, -0.1) is 0 Å². The van der Waals surface area contributed by atoms with Crippen molar-refractivity contribution in [1.82, 2.24) is 5.32 Å². The normalized spacial score (nSPS) is 26.2. The molecule has 1 saturated heterocycles. The average molecular weight is 229 g/mol. The van der Waals surface area contributed by atoms with Crippen LogP contribution in [0.1, 0.15) is 40.0 Å². The highest BCUT2D eigenvalue weighted by Crippen LogP contribution is 2.23. The molecule has 0 unspecified atom stereocenters. The van der Waals surface area contributed by atoms with Crippen LogP contribution < -0.4 is 5.32 Å². The molecule has 0 aliphatic carbocycles. The van der Waals surface area contributed by atoms with Crippen LogP contribution in [0.25, 0.3) is 0 Å². The van der Waals surface area contributed by atoms with Gasteiger partial charge in [0.05, 0.1) is 0 Å². The summed E-state index contributed by atoms with van der Waals surface area (Å²) in [6.07, 6.45) is 1.90. The Morgan fingerprint density at radius 3 is 2.31 bits per heavy atom. The molecule has 0 bridgehead atoms. The van der Waals surface area contributed by atoms with E-state index in [0.29, 0.717) is 6.54 Å². The van der Waals surface area contributed by atoms with E-state index in [1.807, 2.05) is 0 Å². The molecule has 0 aromatic carbocycles. The van der Waals surface area contributed by atoms with E-state index in [9.17, 15) is 14.7 Å². The molecule has 0 radical (unpaired) electrons. The Bertz CT molecular complexity index is 287. The lowest BCUT2D eigenvalue weighted by Gasteiger charge is -2.34. The summed E-state index contributed by atoms with van der Waals surface area (Å²) in [5.74, 6) is -1.84. The summed E-state index contributed by atoms with van der Waals surface area (Å²) >= 11 is 0. The fourth-order valence-electron chi connectivity index (χ4n) is 1.71. The van der Waals surface area contributed by atoms with Gasteiger partial charge in [-0.1, -0.05) is 0 Å². The number of ether oxygens (including phenoxy) is 1. The van der Waals surface area contributed by atoms with Gasteiger partial charge in [0.2, 0.25) is 5.54 Å². The molecule has 1 heterocycles. The molecular formula is C11H19NO4.